The van der Waals surface area contributed by atoms with Crippen LogP contribution >= 0.6 is 0 Å². The van der Waals surface area contributed by atoms with Crippen molar-refractivity contribution in [2.75, 3.05) is 19.6 Å². The Morgan fingerprint density at radius 2 is 1.90 bits per heavy atom. The summed E-state index contributed by atoms with van der Waals surface area (Å²) >= 11 is 0. The van der Waals surface area contributed by atoms with Crippen molar-refractivity contribution < 1.29 is 4.52 Å². The number of aromatic nitrogens is 1. The topological polar surface area (TPSA) is 41.3 Å². The summed E-state index contributed by atoms with van der Waals surface area (Å²) in [6.07, 6.45) is 6.78. The molecule has 1 fully saturated rings. The van der Waals surface area contributed by atoms with Crippen molar-refractivity contribution in [3.05, 3.63) is 17.5 Å². The molecule has 0 bridgehead atoms. The van der Waals surface area contributed by atoms with E-state index in [0.29, 0.717) is 5.92 Å². The molecular formula is C16H29N3O. The molecule has 2 heterocycles. The van der Waals surface area contributed by atoms with E-state index in [4.69, 9.17) is 4.52 Å². The summed E-state index contributed by atoms with van der Waals surface area (Å²) in [5, 5.41) is 7.56. The minimum Gasteiger partial charge on any atom is -0.360 e. The second kappa shape index (κ2) is 8.42. The highest BCUT2D eigenvalue weighted by molar-refractivity contribution is 5.05. The van der Waals surface area contributed by atoms with Gasteiger partial charge in [0.1, 0.15) is 0 Å². The van der Waals surface area contributed by atoms with Gasteiger partial charge in [0.2, 0.25) is 0 Å². The highest BCUT2D eigenvalue weighted by Gasteiger charge is 2.12. The summed E-state index contributed by atoms with van der Waals surface area (Å²) in [5.74, 6) is 1.68. The van der Waals surface area contributed by atoms with Crippen LogP contribution in [-0.4, -0.2) is 29.7 Å². The molecule has 4 nitrogen and oxygen atoms in total. The molecule has 0 unspecified atom stereocenters. The van der Waals surface area contributed by atoms with E-state index >= 15 is 0 Å². The smallest absolute Gasteiger partial charge is 0.151 e. The molecule has 0 radical (unpaired) electrons. The van der Waals surface area contributed by atoms with Crippen LogP contribution in [0, 0.1) is 5.92 Å². The summed E-state index contributed by atoms with van der Waals surface area (Å²) in [6.45, 7) is 9.56. The molecule has 0 saturated carbocycles. The molecule has 0 spiro atoms. The highest BCUT2D eigenvalue weighted by Crippen LogP contribution is 2.14. The van der Waals surface area contributed by atoms with Gasteiger partial charge in [-0.15, -0.1) is 0 Å². The van der Waals surface area contributed by atoms with Crippen molar-refractivity contribution in [2.45, 2.75) is 59.0 Å². The van der Waals surface area contributed by atoms with E-state index < -0.39 is 0 Å². The zero-order valence-corrected chi connectivity index (χ0v) is 13.0. The monoisotopic (exact) mass is 279 g/mol. The first-order valence-corrected chi connectivity index (χ1v) is 8.11. The summed E-state index contributed by atoms with van der Waals surface area (Å²) in [4.78, 5) is 2.50. The highest BCUT2D eigenvalue weighted by atomic mass is 16.5. The van der Waals surface area contributed by atoms with Gasteiger partial charge in [0, 0.05) is 12.6 Å². The molecule has 114 valence electrons. The quantitative estimate of drug-likeness (QED) is 0.868. The molecular weight excluding hydrogens is 250 g/mol. The van der Waals surface area contributed by atoms with Crippen molar-refractivity contribution in [3.8, 4) is 0 Å². The van der Waals surface area contributed by atoms with Gasteiger partial charge >= 0.3 is 0 Å². The van der Waals surface area contributed by atoms with Crippen LogP contribution in [0.4, 0.5) is 0 Å². The molecule has 0 atom stereocenters. The van der Waals surface area contributed by atoms with E-state index in [9.17, 15) is 0 Å². The Balaban J connectivity index is 1.76. The third-order valence-electron chi connectivity index (χ3n) is 3.79. The molecule has 0 amide bonds. The van der Waals surface area contributed by atoms with Crippen LogP contribution in [0.15, 0.2) is 10.6 Å². The van der Waals surface area contributed by atoms with E-state index in [1.54, 1.807) is 0 Å². The molecule has 2 rings (SSSR count). The Bertz CT molecular complexity index is 368. The number of nitrogens with zero attached hydrogens (tertiary/aromatic N) is 2. The Labute approximate surface area is 122 Å². The molecule has 1 aromatic heterocycles. The minimum atomic E-state index is 0.669. The Morgan fingerprint density at radius 1 is 1.20 bits per heavy atom. The SMILES string of the molecule is CC(C)CNCc1cc(CN2CCCCCCC2)on1. The average Bonchev–Trinajstić information content (AvgIpc) is 2.80. The van der Waals surface area contributed by atoms with Crippen molar-refractivity contribution in [1.29, 1.82) is 0 Å². The maximum Gasteiger partial charge on any atom is 0.151 e. The van der Waals surface area contributed by atoms with E-state index in [0.717, 1.165) is 31.1 Å². The largest absolute Gasteiger partial charge is 0.360 e. The summed E-state index contributed by atoms with van der Waals surface area (Å²) in [5.41, 5.74) is 1.02. The van der Waals surface area contributed by atoms with E-state index in [-0.39, 0.29) is 0 Å². The van der Waals surface area contributed by atoms with Gasteiger partial charge in [0.25, 0.3) is 0 Å². The first-order chi connectivity index (χ1) is 9.74. The zero-order chi connectivity index (χ0) is 14.2. The lowest BCUT2D eigenvalue weighted by molar-refractivity contribution is 0.212. The van der Waals surface area contributed by atoms with Crippen molar-refractivity contribution >= 4 is 0 Å². The molecule has 1 saturated heterocycles. The lowest BCUT2D eigenvalue weighted by atomic mass is 10.1. The fourth-order valence-corrected chi connectivity index (χ4v) is 2.69. The molecule has 1 aromatic rings. The number of rotatable bonds is 6. The van der Waals surface area contributed by atoms with Crippen LogP contribution in [0.5, 0.6) is 0 Å². The summed E-state index contributed by atoms with van der Waals surface area (Å²) in [7, 11) is 0. The zero-order valence-electron chi connectivity index (χ0n) is 13.0. The van der Waals surface area contributed by atoms with Crippen molar-refractivity contribution in [1.82, 2.24) is 15.4 Å². The second-order valence-corrected chi connectivity index (χ2v) is 6.35. The number of likely N-dealkylation sites (tertiary alicyclic amines) is 1. The fourth-order valence-electron chi connectivity index (χ4n) is 2.69. The van der Waals surface area contributed by atoms with Crippen LogP contribution in [0.3, 0.4) is 0 Å². The van der Waals surface area contributed by atoms with Crippen LogP contribution in [-0.2, 0) is 13.1 Å². The molecule has 1 aliphatic rings. The van der Waals surface area contributed by atoms with E-state index in [2.05, 4.69) is 35.3 Å². The van der Waals surface area contributed by atoms with Gasteiger partial charge in [0.15, 0.2) is 5.76 Å². The lowest BCUT2D eigenvalue weighted by Crippen LogP contribution is -2.26. The van der Waals surface area contributed by atoms with Crippen LogP contribution in [0.1, 0.15) is 57.4 Å². The first-order valence-electron chi connectivity index (χ1n) is 8.11. The normalized spacial score (nSPS) is 18.1. The predicted molar refractivity (Wildman–Crippen MR) is 81.4 cm³/mol. The lowest BCUT2D eigenvalue weighted by Gasteiger charge is -2.22. The summed E-state index contributed by atoms with van der Waals surface area (Å²) < 4.78 is 5.47. The second-order valence-electron chi connectivity index (χ2n) is 6.35. The molecule has 1 aliphatic heterocycles. The van der Waals surface area contributed by atoms with Gasteiger partial charge in [-0.3, -0.25) is 4.90 Å². The van der Waals surface area contributed by atoms with Gasteiger partial charge in [-0.2, -0.15) is 0 Å². The van der Waals surface area contributed by atoms with Crippen molar-refractivity contribution in [3.63, 3.8) is 0 Å². The Hall–Kier alpha value is -0.870. The predicted octanol–water partition coefficient (Wildman–Crippen LogP) is 3.19. The Kier molecular flexibility index (Phi) is 6.54. The van der Waals surface area contributed by atoms with Gasteiger partial charge in [-0.25, -0.2) is 0 Å². The van der Waals surface area contributed by atoms with Crippen LogP contribution in [0.2, 0.25) is 0 Å². The number of hydrogen-bond acceptors (Lipinski definition) is 4. The van der Waals surface area contributed by atoms with E-state index in [1.807, 2.05) is 0 Å². The maximum atomic E-state index is 5.47. The van der Waals surface area contributed by atoms with Crippen LogP contribution in [0.25, 0.3) is 0 Å². The third kappa shape index (κ3) is 5.63. The maximum absolute atomic E-state index is 5.47. The summed E-state index contributed by atoms with van der Waals surface area (Å²) in [6, 6.07) is 2.10. The van der Waals surface area contributed by atoms with Gasteiger partial charge in [0.05, 0.1) is 12.2 Å². The third-order valence-corrected chi connectivity index (χ3v) is 3.79. The van der Waals surface area contributed by atoms with Crippen LogP contribution < -0.4 is 5.32 Å². The number of nitrogens with one attached hydrogen (secondary N) is 1. The molecule has 20 heavy (non-hydrogen) atoms. The molecule has 0 aromatic carbocycles. The Morgan fingerprint density at radius 3 is 2.60 bits per heavy atom. The number of hydrogen-bond donors (Lipinski definition) is 1. The van der Waals surface area contributed by atoms with Gasteiger partial charge in [-0.1, -0.05) is 38.3 Å². The van der Waals surface area contributed by atoms with E-state index in [1.165, 1.54) is 45.2 Å². The molecule has 1 N–H and O–H groups in total. The fraction of sp³-hybridized carbons (Fsp3) is 0.812. The van der Waals surface area contributed by atoms with Gasteiger partial charge in [-0.05, 0) is 38.4 Å². The first kappa shape index (κ1) is 15.5. The molecule has 0 aliphatic carbocycles. The minimum absolute atomic E-state index is 0.669. The van der Waals surface area contributed by atoms with Gasteiger partial charge < -0.3 is 9.84 Å². The standard InChI is InChI=1S/C16H29N3O/c1-14(2)11-17-12-15-10-16(20-18-15)13-19-8-6-4-3-5-7-9-19/h10,14,17H,3-9,11-13H2,1-2H3. The van der Waals surface area contributed by atoms with Crippen molar-refractivity contribution in [2.24, 2.45) is 5.92 Å². The molecule has 4 heteroatoms. The average molecular weight is 279 g/mol.